The SMILES string of the molecule is O=C(O)NC1(C(=O)N2CC(NC(=O)c3ccccc3)CC(c3ccc(C(F)(F)F)cc3)C2)CC1. The molecular formula is C24H24F3N3O4. The third-order valence-electron chi connectivity index (χ3n) is 6.32. The fourth-order valence-electron chi connectivity index (χ4n) is 4.44. The molecule has 2 fully saturated rings. The number of likely N-dealkylation sites (tertiary alicyclic amines) is 1. The molecule has 2 aromatic rings. The van der Waals surface area contributed by atoms with Gasteiger partial charge in [0.05, 0.1) is 5.56 Å². The first kappa shape index (κ1) is 23.6. The molecule has 1 saturated heterocycles. The Labute approximate surface area is 193 Å². The van der Waals surface area contributed by atoms with Gasteiger partial charge in [0.25, 0.3) is 5.91 Å². The number of rotatable bonds is 5. The number of nitrogens with one attached hydrogen (secondary N) is 2. The molecule has 180 valence electrons. The molecule has 4 rings (SSSR count). The Bertz CT molecular complexity index is 1070. The van der Waals surface area contributed by atoms with Crippen molar-refractivity contribution in [3.8, 4) is 0 Å². The predicted molar refractivity (Wildman–Crippen MR) is 116 cm³/mol. The molecule has 2 unspecified atom stereocenters. The maximum atomic E-state index is 13.2. The van der Waals surface area contributed by atoms with Gasteiger partial charge in [0.1, 0.15) is 5.54 Å². The van der Waals surface area contributed by atoms with Gasteiger partial charge in [-0.25, -0.2) is 4.79 Å². The van der Waals surface area contributed by atoms with E-state index in [1.807, 2.05) is 0 Å². The largest absolute Gasteiger partial charge is 0.465 e. The number of carbonyl (C=O) groups excluding carboxylic acids is 2. The zero-order chi connectivity index (χ0) is 24.5. The second-order valence-corrected chi connectivity index (χ2v) is 8.81. The van der Waals surface area contributed by atoms with Crippen molar-refractivity contribution in [2.24, 2.45) is 0 Å². The molecule has 7 nitrogen and oxygen atoms in total. The second kappa shape index (κ2) is 9.00. The van der Waals surface area contributed by atoms with E-state index >= 15 is 0 Å². The van der Waals surface area contributed by atoms with Gasteiger partial charge in [-0.05, 0) is 49.1 Å². The molecule has 0 spiro atoms. The van der Waals surface area contributed by atoms with Crippen LogP contribution in [0, 0.1) is 0 Å². The third-order valence-corrected chi connectivity index (χ3v) is 6.32. The van der Waals surface area contributed by atoms with Crippen LogP contribution in [0.3, 0.4) is 0 Å². The van der Waals surface area contributed by atoms with Crippen LogP contribution in [0.4, 0.5) is 18.0 Å². The van der Waals surface area contributed by atoms with Crippen molar-refractivity contribution in [1.29, 1.82) is 0 Å². The molecular weight excluding hydrogens is 451 g/mol. The van der Waals surface area contributed by atoms with E-state index in [1.54, 1.807) is 30.3 Å². The van der Waals surface area contributed by atoms with Crippen molar-refractivity contribution in [2.75, 3.05) is 13.1 Å². The summed E-state index contributed by atoms with van der Waals surface area (Å²) in [6, 6.07) is 12.9. The molecule has 2 atom stereocenters. The Hall–Kier alpha value is -3.56. The summed E-state index contributed by atoms with van der Waals surface area (Å²) in [5.41, 5.74) is -0.887. The number of alkyl halides is 3. The highest BCUT2D eigenvalue weighted by Crippen LogP contribution is 2.39. The smallest absolute Gasteiger partial charge is 0.416 e. The monoisotopic (exact) mass is 475 g/mol. The van der Waals surface area contributed by atoms with Crippen molar-refractivity contribution < 1.29 is 32.7 Å². The highest BCUT2D eigenvalue weighted by atomic mass is 19.4. The first-order chi connectivity index (χ1) is 16.1. The van der Waals surface area contributed by atoms with Crippen LogP contribution in [0.5, 0.6) is 0 Å². The molecule has 1 heterocycles. The predicted octanol–water partition coefficient (Wildman–Crippen LogP) is 3.62. The molecule has 0 bridgehead atoms. The number of carboxylic acid groups (broad SMARTS) is 1. The first-order valence-corrected chi connectivity index (χ1v) is 10.9. The van der Waals surface area contributed by atoms with Crippen LogP contribution < -0.4 is 10.6 Å². The molecule has 3 amide bonds. The quantitative estimate of drug-likeness (QED) is 0.615. The summed E-state index contributed by atoms with van der Waals surface area (Å²) >= 11 is 0. The number of halogens is 3. The average molecular weight is 475 g/mol. The molecule has 3 N–H and O–H groups in total. The van der Waals surface area contributed by atoms with E-state index in [-0.39, 0.29) is 30.8 Å². The van der Waals surface area contributed by atoms with Gasteiger partial charge in [-0.15, -0.1) is 0 Å². The molecule has 0 radical (unpaired) electrons. The molecule has 34 heavy (non-hydrogen) atoms. The molecule has 0 aromatic heterocycles. The van der Waals surface area contributed by atoms with Gasteiger partial charge in [-0.3, -0.25) is 9.59 Å². The topological polar surface area (TPSA) is 98.7 Å². The first-order valence-electron chi connectivity index (χ1n) is 10.9. The molecule has 1 aliphatic carbocycles. The highest BCUT2D eigenvalue weighted by Gasteiger charge is 2.54. The van der Waals surface area contributed by atoms with Crippen LogP contribution >= 0.6 is 0 Å². The Morgan fingerprint density at radius 1 is 0.971 bits per heavy atom. The van der Waals surface area contributed by atoms with Crippen LogP contribution in [-0.4, -0.2) is 52.6 Å². The summed E-state index contributed by atoms with van der Waals surface area (Å²) in [6.07, 6.45) is -4.58. The second-order valence-electron chi connectivity index (χ2n) is 8.81. The van der Waals surface area contributed by atoms with Gasteiger partial charge in [-0.2, -0.15) is 13.2 Å². The fourth-order valence-corrected chi connectivity index (χ4v) is 4.44. The number of piperidine rings is 1. The molecule has 10 heteroatoms. The molecule has 1 aliphatic heterocycles. The van der Waals surface area contributed by atoms with Crippen molar-refractivity contribution >= 4 is 17.9 Å². The summed E-state index contributed by atoms with van der Waals surface area (Å²) in [7, 11) is 0. The van der Waals surface area contributed by atoms with Crippen molar-refractivity contribution in [1.82, 2.24) is 15.5 Å². The number of amides is 3. The molecule has 2 aliphatic rings. The van der Waals surface area contributed by atoms with Gasteiger partial charge >= 0.3 is 12.3 Å². The van der Waals surface area contributed by atoms with Gasteiger partial charge in [0, 0.05) is 30.6 Å². The molecule has 1 saturated carbocycles. The fraction of sp³-hybridized carbons (Fsp3) is 0.375. The number of nitrogens with zero attached hydrogens (tertiary/aromatic N) is 1. The third kappa shape index (κ3) is 5.16. The Balaban J connectivity index is 1.56. The van der Waals surface area contributed by atoms with Gasteiger partial charge < -0.3 is 20.6 Å². The minimum absolute atomic E-state index is 0.178. The van der Waals surface area contributed by atoms with Crippen molar-refractivity contribution in [2.45, 2.75) is 42.9 Å². The zero-order valence-corrected chi connectivity index (χ0v) is 18.1. The minimum Gasteiger partial charge on any atom is -0.465 e. The van der Waals surface area contributed by atoms with Gasteiger partial charge in [0.15, 0.2) is 0 Å². The van der Waals surface area contributed by atoms with Crippen LogP contribution in [0.15, 0.2) is 54.6 Å². The van der Waals surface area contributed by atoms with Crippen LogP contribution in [0.1, 0.15) is 46.7 Å². The van der Waals surface area contributed by atoms with E-state index in [0.717, 1.165) is 12.1 Å². The summed E-state index contributed by atoms with van der Waals surface area (Å²) in [5.74, 6) is -1.04. The van der Waals surface area contributed by atoms with E-state index < -0.39 is 29.4 Å². The summed E-state index contributed by atoms with van der Waals surface area (Å²) in [5, 5.41) is 14.3. The van der Waals surface area contributed by atoms with E-state index in [2.05, 4.69) is 10.6 Å². The lowest BCUT2D eigenvalue weighted by Gasteiger charge is -2.40. The molecule has 2 aromatic carbocycles. The zero-order valence-electron chi connectivity index (χ0n) is 18.1. The van der Waals surface area contributed by atoms with Gasteiger partial charge in [0.2, 0.25) is 5.91 Å². The summed E-state index contributed by atoms with van der Waals surface area (Å²) < 4.78 is 39.0. The van der Waals surface area contributed by atoms with E-state index in [1.165, 1.54) is 17.0 Å². The maximum Gasteiger partial charge on any atom is 0.416 e. The van der Waals surface area contributed by atoms with E-state index in [4.69, 9.17) is 5.11 Å². The lowest BCUT2D eigenvalue weighted by atomic mass is 9.87. The van der Waals surface area contributed by atoms with Crippen LogP contribution in [0.2, 0.25) is 0 Å². The lowest BCUT2D eigenvalue weighted by Crippen LogP contribution is -2.57. The van der Waals surface area contributed by atoms with Crippen molar-refractivity contribution in [3.63, 3.8) is 0 Å². The number of benzene rings is 2. The van der Waals surface area contributed by atoms with Crippen LogP contribution in [0.25, 0.3) is 0 Å². The summed E-state index contributed by atoms with van der Waals surface area (Å²) in [4.78, 5) is 38.6. The van der Waals surface area contributed by atoms with E-state index in [0.29, 0.717) is 30.4 Å². The Kier molecular flexibility index (Phi) is 6.24. The Morgan fingerprint density at radius 2 is 1.62 bits per heavy atom. The maximum absolute atomic E-state index is 13.2. The minimum atomic E-state index is -4.46. The number of hydrogen-bond acceptors (Lipinski definition) is 3. The lowest BCUT2D eigenvalue weighted by molar-refractivity contribution is -0.137. The van der Waals surface area contributed by atoms with Crippen LogP contribution in [-0.2, 0) is 11.0 Å². The Morgan fingerprint density at radius 3 is 2.18 bits per heavy atom. The number of hydrogen-bond donors (Lipinski definition) is 3. The highest BCUT2D eigenvalue weighted by molar-refractivity contribution is 5.95. The standard InChI is InChI=1S/C24H24F3N3O4/c25-24(26,27)18-8-6-15(7-9-18)17-12-19(28-20(31)16-4-2-1-3-5-16)14-30(13-17)21(32)23(10-11-23)29-22(33)34/h1-9,17,19,29H,10-14H2,(H,28,31)(H,33,34). The average Bonchev–Trinajstić information content (AvgIpc) is 3.58. The van der Waals surface area contributed by atoms with E-state index in [9.17, 15) is 27.6 Å². The number of carbonyl (C=O) groups is 3. The van der Waals surface area contributed by atoms with Crippen molar-refractivity contribution in [3.05, 3.63) is 71.3 Å². The normalized spacial score (nSPS) is 21.4. The summed E-state index contributed by atoms with van der Waals surface area (Å²) in [6.45, 7) is 0.391. The van der Waals surface area contributed by atoms with Gasteiger partial charge in [-0.1, -0.05) is 30.3 Å².